The van der Waals surface area contributed by atoms with E-state index in [-0.39, 0.29) is 22.9 Å². The molecule has 2 amide bonds. The van der Waals surface area contributed by atoms with Crippen LogP contribution in [0.25, 0.3) is 6.08 Å². The van der Waals surface area contributed by atoms with Gasteiger partial charge in [-0.3, -0.25) is 24.5 Å². The van der Waals surface area contributed by atoms with Crippen LogP contribution in [-0.2, 0) is 14.4 Å². The van der Waals surface area contributed by atoms with Crippen LogP contribution in [0.15, 0.2) is 109 Å². The summed E-state index contributed by atoms with van der Waals surface area (Å²) in [6, 6.07) is 25.8. The summed E-state index contributed by atoms with van der Waals surface area (Å²) in [5, 5.41) is 11.4. The van der Waals surface area contributed by atoms with E-state index < -0.39 is 46.6 Å². The van der Waals surface area contributed by atoms with Crippen LogP contribution in [0.4, 0.5) is 17.1 Å². The SMILES string of the molecule is O=C(c1ccccc1)c1ccc(OC(=O)[C@H]2[C@H]3C(=O)N(c4cccc([N+](=O)[O-])c4)C(=O)[C@@H]3[C@H]3C=Cc4ccccc4N32)cc1. The molecular formula is C34H23N3O7. The Labute approximate surface area is 250 Å². The normalized spacial score (nSPS) is 21.5. The molecule has 0 N–H and O–H groups in total. The number of nitrogens with zero attached hydrogens (tertiary/aromatic N) is 3. The second-order valence-electron chi connectivity index (χ2n) is 10.7. The largest absolute Gasteiger partial charge is 0.425 e. The molecular weight excluding hydrogens is 562 g/mol. The van der Waals surface area contributed by atoms with Gasteiger partial charge in [-0.2, -0.15) is 0 Å². The lowest BCUT2D eigenvalue weighted by molar-refractivity contribution is -0.384. The highest BCUT2D eigenvalue weighted by Gasteiger charge is 2.65. The first-order valence-corrected chi connectivity index (χ1v) is 13.9. The number of para-hydroxylation sites is 1. The van der Waals surface area contributed by atoms with Crippen LogP contribution in [0.2, 0.25) is 0 Å². The maximum absolute atomic E-state index is 14.0. The first-order chi connectivity index (χ1) is 21.3. The smallest absolute Gasteiger partial charge is 0.335 e. The Bertz CT molecular complexity index is 1890. The predicted molar refractivity (Wildman–Crippen MR) is 160 cm³/mol. The second kappa shape index (κ2) is 10.4. The minimum absolute atomic E-state index is 0.0705. The standard InChI is InChI=1S/C34H23N3O7/c38-31(21-8-2-1-3-9-21)22-13-16-25(17-14-22)44-34(41)30-29-28(27-18-15-20-7-4-5-12-26(20)36(27)30)32(39)35(33(29)40)23-10-6-11-24(19-23)37(42)43/h1-19,27-30H/t27-,28-,29+,30-/m1/s1. The number of amides is 2. The Morgan fingerprint density at radius 3 is 2.20 bits per heavy atom. The quantitative estimate of drug-likeness (QED) is 0.0787. The van der Waals surface area contributed by atoms with E-state index in [1.54, 1.807) is 47.4 Å². The van der Waals surface area contributed by atoms with Crippen molar-refractivity contribution in [2.75, 3.05) is 9.80 Å². The van der Waals surface area contributed by atoms with Crippen molar-refractivity contribution in [3.05, 3.63) is 136 Å². The number of hydrogen-bond donors (Lipinski definition) is 0. The van der Waals surface area contributed by atoms with Crippen LogP contribution in [0, 0.1) is 22.0 Å². The fourth-order valence-electron chi connectivity index (χ4n) is 6.39. The van der Waals surface area contributed by atoms with Gasteiger partial charge in [-0.25, -0.2) is 9.69 Å². The van der Waals surface area contributed by atoms with Gasteiger partial charge in [0.1, 0.15) is 11.8 Å². The highest BCUT2D eigenvalue weighted by Crippen LogP contribution is 2.49. The van der Waals surface area contributed by atoms with Gasteiger partial charge in [0, 0.05) is 28.9 Å². The lowest BCUT2D eigenvalue weighted by Gasteiger charge is -2.36. The molecule has 0 bridgehead atoms. The molecule has 0 spiro atoms. The molecule has 2 fully saturated rings. The number of carbonyl (C=O) groups excluding carboxylic acids is 4. The highest BCUT2D eigenvalue weighted by atomic mass is 16.6. The molecule has 0 saturated carbocycles. The van der Waals surface area contributed by atoms with Crippen molar-refractivity contribution in [2.24, 2.45) is 11.8 Å². The van der Waals surface area contributed by atoms with Crippen molar-refractivity contribution in [3.63, 3.8) is 0 Å². The van der Waals surface area contributed by atoms with Crippen LogP contribution in [0.1, 0.15) is 21.5 Å². The Morgan fingerprint density at radius 2 is 1.45 bits per heavy atom. The Kier molecular flexibility index (Phi) is 6.39. The zero-order chi connectivity index (χ0) is 30.5. The molecule has 10 heteroatoms. The molecule has 7 rings (SSSR count). The molecule has 0 unspecified atom stereocenters. The first kappa shape index (κ1) is 27.0. The number of imide groups is 1. The van der Waals surface area contributed by atoms with Crippen molar-refractivity contribution in [2.45, 2.75) is 12.1 Å². The molecule has 0 aliphatic carbocycles. The van der Waals surface area contributed by atoms with Crippen LogP contribution in [0.3, 0.4) is 0 Å². The van der Waals surface area contributed by atoms with E-state index in [4.69, 9.17) is 4.74 Å². The molecule has 4 aromatic rings. The number of non-ortho nitro benzene ring substituents is 1. The number of nitro benzene ring substituents is 1. The number of esters is 1. The Hall–Kier alpha value is -5.90. The maximum Gasteiger partial charge on any atom is 0.335 e. The summed E-state index contributed by atoms with van der Waals surface area (Å²) in [5.41, 5.74) is 2.24. The van der Waals surface area contributed by atoms with Crippen molar-refractivity contribution in [3.8, 4) is 5.75 Å². The minimum Gasteiger partial charge on any atom is -0.425 e. The summed E-state index contributed by atoms with van der Waals surface area (Å²) < 4.78 is 5.80. The number of rotatable bonds is 6. The molecule has 0 radical (unpaired) electrons. The Balaban J connectivity index is 1.23. The summed E-state index contributed by atoms with van der Waals surface area (Å²) in [6.07, 6.45) is 3.66. The number of benzene rings is 4. The van der Waals surface area contributed by atoms with E-state index in [9.17, 15) is 29.3 Å². The van der Waals surface area contributed by atoms with E-state index in [0.717, 1.165) is 10.5 Å². The molecule has 3 heterocycles. The number of anilines is 2. The van der Waals surface area contributed by atoms with Gasteiger partial charge in [-0.1, -0.05) is 66.7 Å². The molecule has 4 aromatic carbocycles. The fourth-order valence-corrected chi connectivity index (χ4v) is 6.39. The third kappa shape index (κ3) is 4.27. The first-order valence-electron chi connectivity index (χ1n) is 13.9. The summed E-state index contributed by atoms with van der Waals surface area (Å²) in [4.78, 5) is 68.2. The second-order valence-corrected chi connectivity index (χ2v) is 10.7. The van der Waals surface area contributed by atoms with Gasteiger partial charge >= 0.3 is 5.97 Å². The van der Waals surface area contributed by atoms with Gasteiger partial charge in [-0.15, -0.1) is 0 Å². The number of nitro groups is 1. The summed E-state index contributed by atoms with van der Waals surface area (Å²) in [6.45, 7) is 0. The van der Waals surface area contributed by atoms with Gasteiger partial charge in [0.15, 0.2) is 5.78 Å². The predicted octanol–water partition coefficient (Wildman–Crippen LogP) is 4.82. The molecule has 3 aliphatic heterocycles. The number of ketones is 1. The summed E-state index contributed by atoms with van der Waals surface area (Å²) >= 11 is 0. The molecule has 216 valence electrons. The van der Waals surface area contributed by atoms with Crippen LogP contribution >= 0.6 is 0 Å². The minimum atomic E-state index is -1.16. The van der Waals surface area contributed by atoms with Gasteiger partial charge in [0.05, 0.1) is 28.5 Å². The lowest BCUT2D eigenvalue weighted by Crippen LogP contribution is -2.50. The van der Waals surface area contributed by atoms with Crippen molar-refractivity contribution in [1.29, 1.82) is 0 Å². The van der Waals surface area contributed by atoms with E-state index in [1.165, 1.54) is 36.4 Å². The molecule has 4 atom stereocenters. The topological polar surface area (TPSA) is 127 Å². The molecule has 3 aliphatic rings. The van der Waals surface area contributed by atoms with Crippen LogP contribution in [-0.4, -0.2) is 40.6 Å². The van der Waals surface area contributed by atoms with E-state index in [1.807, 2.05) is 36.4 Å². The third-order valence-corrected chi connectivity index (χ3v) is 8.33. The number of fused-ring (bicyclic) bond motifs is 5. The van der Waals surface area contributed by atoms with Crippen LogP contribution < -0.4 is 14.5 Å². The fraction of sp³-hybridized carbons (Fsp3) is 0.118. The monoisotopic (exact) mass is 585 g/mol. The van der Waals surface area contributed by atoms with Gasteiger partial charge in [0.25, 0.3) is 5.69 Å². The summed E-state index contributed by atoms with van der Waals surface area (Å²) in [7, 11) is 0. The van der Waals surface area contributed by atoms with Gasteiger partial charge < -0.3 is 9.64 Å². The average Bonchev–Trinajstić information content (AvgIpc) is 3.53. The van der Waals surface area contributed by atoms with Crippen LogP contribution in [0.5, 0.6) is 5.75 Å². The van der Waals surface area contributed by atoms with Gasteiger partial charge in [-0.05, 0) is 42.0 Å². The number of carbonyl (C=O) groups is 4. The van der Waals surface area contributed by atoms with Crippen molar-refractivity contribution < 1.29 is 28.8 Å². The zero-order valence-corrected chi connectivity index (χ0v) is 23.0. The highest BCUT2D eigenvalue weighted by molar-refractivity contribution is 6.24. The molecule has 44 heavy (non-hydrogen) atoms. The molecule has 2 saturated heterocycles. The van der Waals surface area contributed by atoms with E-state index in [2.05, 4.69) is 0 Å². The van der Waals surface area contributed by atoms with E-state index >= 15 is 0 Å². The molecule has 10 nitrogen and oxygen atoms in total. The van der Waals surface area contributed by atoms with Crippen molar-refractivity contribution in [1.82, 2.24) is 0 Å². The zero-order valence-electron chi connectivity index (χ0n) is 23.0. The van der Waals surface area contributed by atoms with E-state index in [0.29, 0.717) is 16.8 Å². The average molecular weight is 586 g/mol. The summed E-state index contributed by atoms with van der Waals surface area (Å²) in [5.74, 6) is -3.95. The molecule has 0 aromatic heterocycles. The Morgan fingerprint density at radius 1 is 0.773 bits per heavy atom. The third-order valence-electron chi connectivity index (χ3n) is 8.33. The number of ether oxygens (including phenoxy) is 1. The van der Waals surface area contributed by atoms with Crippen molar-refractivity contribution >= 4 is 46.7 Å². The maximum atomic E-state index is 14.0. The number of hydrogen-bond acceptors (Lipinski definition) is 8. The van der Waals surface area contributed by atoms with Gasteiger partial charge in [0.2, 0.25) is 11.8 Å². The lowest BCUT2D eigenvalue weighted by atomic mass is 9.89.